The summed E-state index contributed by atoms with van der Waals surface area (Å²) in [6, 6.07) is 2.87. The lowest BCUT2D eigenvalue weighted by molar-refractivity contribution is 0.231. The lowest BCUT2D eigenvalue weighted by Gasteiger charge is -2.30. The summed E-state index contributed by atoms with van der Waals surface area (Å²) in [6.07, 6.45) is 2.35. The highest BCUT2D eigenvalue weighted by Gasteiger charge is 2.15. The van der Waals surface area contributed by atoms with Gasteiger partial charge < -0.3 is 15.5 Å². The number of hydrogen-bond acceptors (Lipinski definition) is 4. The minimum Gasteiger partial charge on any atom is -0.316 e. The van der Waals surface area contributed by atoms with Gasteiger partial charge in [0.2, 0.25) is 0 Å². The molecule has 1 aliphatic heterocycles. The summed E-state index contributed by atoms with van der Waals surface area (Å²) in [7, 11) is 2.20. The van der Waals surface area contributed by atoms with Crippen LogP contribution in [0, 0.1) is 0 Å². The predicted molar refractivity (Wildman–Crippen MR) is 82.5 cm³/mol. The standard InChI is InChI=1S/C13H22BrN3S/c1-17-7-6-16-12(9-17)2-4-15-5-3-13-8-11(14)10-18-13/h8,10,12,15-16H,2-7,9H2,1H3. The van der Waals surface area contributed by atoms with Crippen LogP contribution < -0.4 is 10.6 Å². The van der Waals surface area contributed by atoms with Gasteiger partial charge in [-0.05, 0) is 55.0 Å². The monoisotopic (exact) mass is 331 g/mol. The molecule has 102 valence electrons. The van der Waals surface area contributed by atoms with Crippen molar-refractivity contribution in [2.24, 2.45) is 0 Å². The van der Waals surface area contributed by atoms with Crippen molar-refractivity contribution < 1.29 is 0 Å². The molecule has 0 spiro atoms. The molecule has 2 N–H and O–H groups in total. The van der Waals surface area contributed by atoms with E-state index in [-0.39, 0.29) is 0 Å². The van der Waals surface area contributed by atoms with Crippen LogP contribution in [0.2, 0.25) is 0 Å². The van der Waals surface area contributed by atoms with Crippen molar-refractivity contribution in [1.29, 1.82) is 0 Å². The first-order chi connectivity index (χ1) is 8.74. The van der Waals surface area contributed by atoms with Crippen LogP contribution in [0.1, 0.15) is 11.3 Å². The highest BCUT2D eigenvalue weighted by atomic mass is 79.9. The zero-order chi connectivity index (χ0) is 12.8. The number of halogens is 1. The molecule has 2 heterocycles. The lowest BCUT2D eigenvalue weighted by atomic mass is 10.1. The fraction of sp³-hybridized carbons (Fsp3) is 0.692. The van der Waals surface area contributed by atoms with Gasteiger partial charge in [-0.15, -0.1) is 11.3 Å². The fourth-order valence-corrected chi connectivity index (χ4v) is 3.74. The van der Waals surface area contributed by atoms with E-state index in [1.54, 1.807) is 0 Å². The van der Waals surface area contributed by atoms with Crippen LogP contribution in [0.5, 0.6) is 0 Å². The normalized spacial score (nSPS) is 21.3. The SMILES string of the molecule is CN1CCNC(CCNCCc2cc(Br)cs2)C1. The minimum absolute atomic E-state index is 0.659. The maximum absolute atomic E-state index is 3.58. The molecule has 18 heavy (non-hydrogen) atoms. The molecule has 0 bridgehead atoms. The minimum atomic E-state index is 0.659. The summed E-state index contributed by atoms with van der Waals surface area (Å²) in [6.45, 7) is 5.68. The van der Waals surface area contributed by atoms with Crippen LogP contribution >= 0.6 is 27.3 Å². The van der Waals surface area contributed by atoms with Crippen molar-refractivity contribution in [3.63, 3.8) is 0 Å². The van der Waals surface area contributed by atoms with Crippen LogP contribution in [-0.2, 0) is 6.42 Å². The Kier molecular flexibility index (Phi) is 6.11. The van der Waals surface area contributed by atoms with Gasteiger partial charge in [0.15, 0.2) is 0 Å². The van der Waals surface area contributed by atoms with Crippen molar-refractivity contribution in [2.45, 2.75) is 18.9 Å². The van der Waals surface area contributed by atoms with Crippen LogP contribution in [0.4, 0.5) is 0 Å². The van der Waals surface area contributed by atoms with E-state index in [2.05, 4.69) is 50.0 Å². The topological polar surface area (TPSA) is 27.3 Å². The Morgan fingerprint density at radius 1 is 1.56 bits per heavy atom. The Morgan fingerprint density at radius 3 is 3.17 bits per heavy atom. The Morgan fingerprint density at radius 2 is 2.44 bits per heavy atom. The Hall–Kier alpha value is 0.0600. The Bertz CT molecular complexity index is 356. The van der Waals surface area contributed by atoms with Crippen LogP contribution in [0.3, 0.4) is 0 Å². The van der Waals surface area contributed by atoms with E-state index in [0.717, 1.165) is 26.1 Å². The van der Waals surface area contributed by atoms with Gasteiger partial charge in [0, 0.05) is 40.4 Å². The molecule has 0 amide bonds. The number of piperazine rings is 1. The van der Waals surface area contributed by atoms with Crippen molar-refractivity contribution in [3.8, 4) is 0 Å². The second kappa shape index (κ2) is 7.60. The van der Waals surface area contributed by atoms with E-state index in [1.165, 1.54) is 28.9 Å². The summed E-state index contributed by atoms with van der Waals surface area (Å²) in [5.74, 6) is 0. The van der Waals surface area contributed by atoms with E-state index in [1.807, 2.05) is 11.3 Å². The summed E-state index contributed by atoms with van der Waals surface area (Å²) in [5.41, 5.74) is 0. The van der Waals surface area contributed by atoms with Gasteiger partial charge in [-0.1, -0.05) is 0 Å². The van der Waals surface area contributed by atoms with Crippen molar-refractivity contribution in [3.05, 3.63) is 20.8 Å². The molecular formula is C13H22BrN3S. The van der Waals surface area contributed by atoms with E-state index in [4.69, 9.17) is 0 Å². The third-order valence-corrected chi connectivity index (χ3v) is 5.06. The second-order valence-electron chi connectivity index (χ2n) is 4.93. The lowest BCUT2D eigenvalue weighted by Crippen LogP contribution is -2.49. The molecule has 0 radical (unpaired) electrons. The van der Waals surface area contributed by atoms with Gasteiger partial charge in [0.25, 0.3) is 0 Å². The summed E-state index contributed by atoms with van der Waals surface area (Å²) >= 11 is 5.32. The van der Waals surface area contributed by atoms with Gasteiger partial charge in [-0.25, -0.2) is 0 Å². The molecular weight excluding hydrogens is 310 g/mol. The zero-order valence-electron chi connectivity index (χ0n) is 10.9. The first-order valence-corrected chi connectivity index (χ1v) is 8.27. The maximum Gasteiger partial charge on any atom is 0.0285 e. The molecule has 0 saturated carbocycles. The number of nitrogens with zero attached hydrogens (tertiary/aromatic N) is 1. The highest BCUT2D eigenvalue weighted by Crippen LogP contribution is 2.19. The summed E-state index contributed by atoms with van der Waals surface area (Å²) in [5, 5.41) is 9.26. The molecule has 2 rings (SSSR count). The molecule has 1 fully saturated rings. The second-order valence-corrected chi connectivity index (χ2v) is 6.84. The predicted octanol–water partition coefficient (Wildman–Crippen LogP) is 1.94. The average Bonchev–Trinajstić information content (AvgIpc) is 2.75. The van der Waals surface area contributed by atoms with E-state index in [9.17, 15) is 0 Å². The fourth-order valence-electron chi connectivity index (χ4n) is 2.28. The Balaban J connectivity index is 1.53. The molecule has 1 aliphatic rings. The maximum atomic E-state index is 3.58. The van der Waals surface area contributed by atoms with Gasteiger partial charge >= 0.3 is 0 Å². The molecule has 3 nitrogen and oxygen atoms in total. The zero-order valence-corrected chi connectivity index (χ0v) is 13.3. The molecule has 0 aliphatic carbocycles. The number of rotatable bonds is 6. The number of likely N-dealkylation sites (N-methyl/N-ethyl adjacent to an activating group) is 1. The largest absolute Gasteiger partial charge is 0.316 e. The van der Waals surface area contributed by atoms with Crippen molar-refractivity contribution in [1.82, 2.24) is 15.5 Å². The molecule has 1 atom stereocenters. The van der Waals surface area contributed by atoms with E-state index < -0.39 is 0 Å². The van der Waals surface area contributed by atoms with Crippen LogP contribution in [-0.4, -0.2) is 50.7 Å². The van der Waals surface area contributed by atoms with Gasteiger partial charge in [0.05, 0.1) is 0 Å². The molecule has 1 unspecified atom stereocenters. The molecule has 1 saturated heterocycles. The quantitative estimate of drug-likeness (QED) is 0.780. The number of hydrogen-bond donors (Lipinski definition) is 2. The van der Waals surface area contributed by atoms with E-state index in [0.29, 0.717) is 6.04 Å². The highest BCUT2D eigenvalue weighted by molar-refractivity contribution is 9.10. The first kappa shape index (κ1) is 14.5. The summed E-state index contributed by atoms with van der Waals surface area (Å²) in [4.78, 5) is 3.86. The molecule has 5 heteroatoms. The third kappa shape index (κ3) is 4.97. The van der Waals surface area contributed by atoms with Crippen LogP contribution in [0.15, 0.2) is 15.9 Å². The summed E-state index contributed by atoms with van der Waals surface area (Å²) < 4.78 is 1.21. The first-order valence-electron chi connectivity index (χ1n) is 6.59. The van der Waals surface area contributed by atoms with E-state index >= 15 is 0 Å². The number of thiophene rings is 1. The van der Waals surface area contributed by atoms with Crippen molar-refractivity contribution >= 4 is 27.3 Å². The Labute approximate surface area is 122 Å². The van der Waals surface area contributed by atoms with Gasteiger partial charge in [0.1, 0.15) is 0 Å². The average molecular weight is 332 g/mol. The molecule has 1 aromatic rings. The smallest absolute Gasteiger partial charge is 0.0285 e. The van der Waals surface area contributed by atoms with Crippen molar-refractivity contribution in [2.75, 3.05) is 39.8 Å². The van der Waals surface area contributed by atoms with Crippen LogP contribution in [0.25, 0.3) is 0 Å². The number of nitrogens with one attached hydrogen (secondary N) is 2. The third-order valence-electron chi connectivity index (χ3n) is 3.30. The van der Waals surface area contributed by atoms with Gasteiger partial charge in [-0.2, -0.15) is 0 Å². The molecule has 1 aromatic heterocycles. The van der Waals surface area contributed by atoms with Gasteiger partial charge in [-0.3, -0.25) is 0 Å². The molecule has 0 aromatic carbocycles.